The number of anilines is 1. The Kier molecular flexibility index (Phi) is 11.3. The molecule has 7 nitrogen and oxygen atoms in total. The van der Waals surface area contributed by atoms with Crippen molar-refractivity contribution in [1.82, 2.24) is 10.2 Å². The Morgan fingerprint density at radius 1 is 0.851 bits per heavy atom. The van der Waals surface area contributed by atoms with Crippen molar-refractivity contribution >= 4 is 39.1 Å². The summed E-state index contributed by atoms with van der Waals surface area (Å²) in [6.07, 6.45) is 5.13. The molecule has 10 heteroatoms. The van der Waals surface area contributed by atoms with Crippen molar-refractivity contribution in [3.8, 4) is 0 Å². The summed E-state index contributed by atoms with van der Waals surface area (Å²) in [5, 5.41) is 3.73. The van der Waals surface area contributed by atoms with Crippen LogP contribution < -0.4 is 9.62 Å². The maximum atomic E-state index is 14.6. The Morgan fingerprint density at radius 2 is 1.49 bits per heavy atom. The molecule has 1 atom stereocenters. The van der Waals surface area contributed by atoms with Gasteiger partial charge in [0, 0.05) is 24.0 Å². The topological polar surface area (TPSA) is 86.8 Å². The molecule has 0 heterocycles. The van der Waals surface area contributed by atoms with Crippen LogP contribution in [0.1, 0.15) is 48.8 Å². The zero-order valence-corrected chi connectivity index (χ0v) is 27.9. The Bertz CT molecular complexity index is 1750. The lowest BCUT2D eigenvalue weighted by molar-refractivity contribution is -0.140. The smallest absolute Gasteiger partial charge is 0.264 e. The fourth-order valence-corrected chi connectivity index (χ4v) is 7.40. The number of carbonyl (C=O) groups is 2. The largest absolute Gasteiger partial charge is 0.352 e. The Balaban J connectivity index is 1.55. The maximum Gasteiger partial charge on any atom is 0.264 e. The normalized spacial score (nSPS) is 14.3. The SMILES string of the molecule is Cc1ccc(N(CC(=O)N(Cc2ccc(Cl)cc2)[C@@H](Cc2ccccc2)C(=O)NC2CCCCC2)S(=O)(=O)c2ccc(F)cc2)cc1. The molecule has 2 amide bonds. The summed E-state index contributed by atoms with van der Waals surface area (Å²) in [6.45, 7) is 1.34. The van der Waals surface area contributed by atoms with E-state index in [1.165, 1.54) is 17.0 Å². The van der Waals surface area contributed by atoms with Crippen LogP contribution in [0, 0.1) is 12.7 Å². The van der Waals surface area contributed by atoms with Crippen molar-refractivity contribution in [2.75, 3.05) is 10.8 Å². The van der Waals surface area contributed by atoms with Crippen molar-refractivity contribution in [3.05, 3.63) is 131 Å². The number of carbonyl (C=O) groups excluding carboxylic acids is 2. The molecule has 0 saturated heterocycles. The van der Waals surface area contributed by atoms with E-state index in [-0.39, 0.29) is 35.5 Å². The maximum absolute atomic E-state index is 14.6. The Labute approximate surface area is 281 Å². The molecule has 4 aromatic carbocycles. The lowest BCUT2D eigenvalue weighted by Crippen LogP contribution is -2.55. The van der Waals surface area contributed by atoms with E-state index in [2.05, 4.69) is 5.32 Å². The third-order valence-corrected chi connectivity index (χ3v) is 10.5. The molecule has 0 radical (unpaired) electrons. The number of nitrogens with zero attached hydrogens (tertiary/aromatic N) is 2. The minimum atomic E-state index is -4.32. The van der Waals surface area contributed by atoms with Gasteiger partial charge in [0.05, 0.1) is 10.6 Å². The first kappa shape index (κ1) is 34.1. The number of benzene rings is 4. The predicted octanol–water partition coefficient (Wildman–Crippen LogP) is 7.07. The molecular weight excluding hydrogens is 637 g/mol. The summed E-state index contributed by atoms with van der Waals surface area (Å²) >= 11 is 6.16. The van der Waals surface area contributed by atoms with Crippen LogP contribution in [0.15, 0.2) is 108 Å². The van der Waals surface area contributed by atoms with Crippen molar-refractivity contribution < 1.29 is 22.4 Å². The monoisotopic (exact) mass is 675 g/mol. The minimum absolute atomic E-state index is 0.00455. The van der Waals surface area contributed by atoms with E-state index in [9.17, 15) is 22.4 Å². The second-order valence-corrected chi connectivity index (χ2v) is 14.3. The summed E-state index contributed by atoms with van der Waals surface area (Å²) in [4.78, 5) is 30.0. The van der Waals surface area contributed by atoms with Crippen molar-refractivity contribution in [2.45, 2.75) is 69.0 Å². The van der Waals surface area contributed by atoms with Gasteiger partial charge in [0.25, 0.3) is 10.0 Å². The fraction of sp³-hybridized carbons (Fsp3) is 0.297. The van der Waals surface area contributed by atoms with E-state index in [1.807, 2.05) is 37.3 Å². The molecule has 1 N–H and O–H groups in total. The van der Waals surface area contributed by atoms with Crippen LogP contribution in [0.25, 0.3) is 0 Å². The number of halogens is 2. The molecule has 4 aromatic rings. The standard InChI is InChI=1S/C37H39ClFN3O4S/c1-27-12-20-33(21-13-27)42(47(45,46)34-22-18-31(39)19-23-34)26-36(43)41(25-29-14-16-30(38)17-15-29)35(24-28-8-4-2-5-9-28)37(44)40-32-10-6-3-7-11-32/h2,4-5,8-9,12-23,32,35H,3,6-7,10-11,24-26H2,1H3,(H,40,44)/t35-/m0/s1. The second kappa shape index (κ2) is 15.6. The van der Waals surface area contributed by atoms with Crippen LogP contribution in [-0.4, -0.2) is 43.8 Å². The highest BCUT2D eigenvalue weighted by Crippen LogP contribution is 2.26. The number of aryl methyl sites for hydroxylation is 1. The van der Waals surface area contributed by atoms with Gasteiger partial charge in [0.15, 0.2) is 0 Å². The van der Waals surface area contributed by atoms with Gasteiger partial charge in [-0.15, -0.1) is 0 Å². The zero-order chi connectivity index (χ0) is 33.4. The average molecular weight is 676 g/mol. The van der Waals surface area contributed by atoms with E-state index in [1.54, 1.807) is 48.5 Å². The van der Waals surface area contributed by atoms with E-state index >= 15 is 0 Å². The van der Waals surface area contributed by atoms with E-state index in [0.717, 1.165) is 65.2 Å². The summed E-state index contributed by atoms with van der Waals surface area (Å²) in [5.41, 5.74) is 2.77. The van der Waals surface area contributed by atoms with Crippen LogP contribution in [0.3, 0.4) is 0 Å². The molecule has 1 aliphatic carbocycles. The quantitative estimate of drug-likeness (QED) is 0.174. The number of hydrogen-bond acceptors (Lipinski definition) is 4. The molecule has 0 aromatic heterocycles. The predicted molar refractivity (Wildman–Crippen MR) is 183 cm³/mol. The first-order valence-corrected chi connectivity index (χ1v) is 17.6. The molecule has 5 rings (SSSR count). The number of amides is 2. The number of sulfonamides is 1. The molecule has 1 aliphatic rings. The summed E-state index contributed by atoms with van der Waals surface area (Å²) in [6, 6.07) is 26.8. The molecule has 0 bridgehead atoms. The highest BCUT2D eigenvalue weighted by molar-refractivity contribution is 7.92. The molecule has 1 saturated carbocycles. The fourth-order valence-electron chi connectivity index (χ4n) is 5.86. The van der Waals surface area contributed by atoms with Gasteiger partial charge in [-0.05, 0) is 79.4 Å². The number of hydrogen-bond donors (Lipinski definition) is 1. The van der Waals surface area contributed by atoms with Gasteiger partial charge in [0.1, 0.15) is 18.4 Å². The highest BCUT2D eigenvalue weighted by atomic mass is 35.5. The van der Waals surface area contributed by atoms with Gasteiger partial charge in [-0.3, -0.25) is 13.9 Å². The van der Waals surface area contributed by atoms with Crippen LogP contribution in [0.2, 0.25) is 5.02 Å². The van der Waals surface area contributed by atoms with Gasteiger partial charge in [-0.1, -0.05) is 91.0 Å². The van der Waals surface area contributed by atoms with Crippen LogP contribution in [0.5, 0.6) is 0 Å². The first-order chi connectivity index (χ1) is 22.6. The lowest BCUT2D eigenvalue weighted by atomic mass is 9.94. The second-order valence-electron chi connectivity index (χ2n) is 12.0. The molecule has 246 valence electrons. The van der Waals surface area contributed by atoms with Gasteiger partial charge in [-0.25, -0.2) is 12.8 Å². The van der Waals surface area contributed by atoms with Crippen molar-refractivity contribution in [1.29, 1.82) is 0 Å². The summed E-state index contributed by atoms with van der Waals surface area (Å²) < 4.78 is 43.0. The number of rotatable bonds is 12. The highest BCUT2D eigenvalue weighted by Gasteiger charge is 2.35. The zero-order valence-electron chi connectivity index (χ0n) is 26.3. The van der Waals surface area contributed by atoms with Gasteiger partial charge >= 0.3 is 0 Å². The van der Waals surface area contributed by atoms with Gasteiger partial charge < -0.3 is 10.2 Å². The molecule has 0 unspecified atom stereocenters. The van der Waals surface area contributed by atoms with Gasteiger partial charge in [0.2, 0.25) is 11.8 Å². The lowest BCUT2D eigenvalue weighted by Gasteiger charge is -2.35. The first-order valence-electron chi connectivity index (χ1n) is 15.8. The molecule has 0 spiro atoms. The summed E-state index contributed by atoms with van der Waals surface area (Å²) in [7, 11) is -4.32. The third kappa shape index (κ3) is 8.99. The number of nitrogens with one attached hydrogen (secondary N) is 1. The molecule has 0 aliphatic heterocycles. The van der Waals surface area contributed by atoms with Crippen molar-refractivity contribution in [3.63, 3.8) is 0 Å². The third-order valence-electron chi connectivity index (χ3n) is 8.49. The Morgan fingerprint density at radius 3 is 2.13 bits per heavy atom. The molecule has 47 heavy (non-hydrogen) atoms. The molecular formula is C37H39ClFN3O4S. The van der Waals surface area contributed by atoms with E-state index in [0.29, 0.717) is 5.02 Å². The van der Waals surface area contributed by atoms with Crippen LogP contribution >= 0.6 is 11.6 Å². The summed E-state index contributed by atoms with van der Waals surface area (Å²) in [5.74, 6) is -1.43. The van der Waals surface area contributed by atoms with Crippen molar-refractivity contribution in [2.24, 2.45) is 0 Å². The van der Waals surface area contributed by atoms with E-state index < -0.39 is 34.3 Å². The minimum Gasteiger partial charge on any atom is -0.352 e. The van der Waals surface area contributed by atoms with Gasteiger partial charge in [-0.2, -0.15) is 0 Å². The Hall–Kier alpha value is -4.21. The molecule has 1 fully saturated rings. The van der Waals surface area contributed by atoms with Crippen LogP contribution in [0.4, 0.5) is 10.1 Å². The van der Waals surface area contributed by atoms with Crippen LogP contribution in [-0.2, 0) is 32.6 Å². The average Bonchev–Trinajstić information content (AvgIpc) is 3.07. The van der Waals surface area contributed by atoms with E-state index in [4.69, 9.17) is 11.6 Å².